The zero-order valence-corrected chi connectivity index (χ0v) is 10.3. The lowest BCUT2D eigenvalue weighted by Gasteiger charge is -2.25. The first-order valence-electron chi connectivity index (χ1n) is 6.07. The number of carbonyl (C=O) groups is 2. The van der Waals surface area contributed by atoms with E-state index in [1.54, 1.807) is 0 Å². The second-order valence-electron chi connectivity index (χ2n) is 4.60. The number of carbonyl (C=O) groups excluding carboxylic acids is 2. The van der Waals surface area contributed by atoms with E-state index >= 15 is 0 Å². The van der Waals surface area contributed by atoms with Crippen molar-refractivity contribution >= 4 is 17.6 Å². The highest BCUT2D eigenvalue weighted by molar-refractivity contribution is 6.07. The van der Waals surface area contributed by atoms with E-state index in [2.05, 4.69) is 10.5 Å². The molecule has 1 fully saturated rings. The van der Waals surface area contributed by atoms with Crippen molar-refractivity contribution in [3.05, 3.63) is 0 Å². The fourth-order valence-electron chi connectivity index (χ4n) is 2.31. The summed E-state index contributed by atoms with van der Waals surface area (Å²) in [6.45, 7) is 0.363. The SMILES string of the molecule is NC(=O)CCCNC(=O)C1(C(N)=NO)CCCC1. The quantitative estimate of drug-likeness (QED) is 0.170. The lowest BCUT2D eigenvalue weighted by atomic mass is 9.84. The molecule has 0 heterocycles. The Balaban J connectivity index is 2.54. The maximum atomic E-state index is 12.1. The van der Waals surface area contributed by atoms with Gasteiger partial charge in [-0.3, -0.25) is 9.59 Å². The van der Waals surface area contributed by atoms with Gasteiger partial charge in [-0.05, 0) is 19.3 Å². The standard InChI is InChI=1S/C11H20N4O3/c12-8(16)4-3-7-14-10(17)11(9(13)15-18)5-1-2-6-11/h18H,1-7H2,(H2,12,16)(H2,13,15)(H,14,17). The number of nitrogens with two attached hydrogens (primary N) is 2. The molecule has 0 bridgehead atoms. The van der Waals surface area contributed by atoms with Gasteiger partial charge in [0, 0.05) is 13.0 Å². The number of hydrogen-bond acceptors (Lipinski definition) is 4. The van der Waals surface area contributed by atoms with Gasteiger partial charge in [0.15, 0.2) is 5.84 Å². The third kappa shape index (κ3) is 3.12. The number of rotatable bonds is 6. The van der Waals surface area contributed by atoms with Gasteiger partial charge in [-0.25, -0.2) is 0 Å². The van der Waals surface area contributed by atoms with E-state index in [0.29, 0.717) is 25.8 Å². The van der Waals surface area contributed by atoms with Gasteiger partial charge in [-0.15, -0.1) is 0 Å². The summed E-state index contributed by atoms with van der Waals surface area (Å²) in [5.41, 5.74) is 9.75. The van der Waals surface area contributed by atoms with Crippen LogP contribution in [0.15, 0.2) is 5.16 Å². The molecule has 0 aromatic carbocycles. The van der Waals surface area contributed by atoms with E-state index in [-0.39, 0.29) is 18.2 Å². The zero-order chi connectivity index (χ0) is 13.6. The Hall–Kier alpha value is -1.79. The molecule has 1 rings (SSSR count). The third-order valence-corrected chi connectivity index (χ3v) is 3.38. The highest BCUT2D eigenvalue weighted by atomic mass is 16.4. The molecule has 1 saturated carbocycles. The Morgan fingerprint density at radius 1 is 1.28 bits per heavy atom. The van der Waals surface area contributed by atoms with Gasteiger partial charge in [0.25, 0.3) is 0 Å². The summed E-state index contributed by atoms with van der Waals surface area (Å²) < 4.78 is 0. The lowest BCUT2D eigenvalue weighted by molar-refractivity contribution is -0.127. The van der Waals surface area contributed by atoms with Crippen LogP contribution in [-0.2, 0) is 9.59 Å². The molecule has 7 heteroatoms. The number of oxime groups is 1. The molecule has 1 aliphatic carbocycles. The van der Waals surface area contributed by atoms with Gasteiger partial charge in [-0.2, -0.15) is 0 Å². The highest BCUT2D eigenvalue weighted by Gasteiger charge is 2.45. The molecule has 0 radical (unpaired) electrons. The maximum Gasteiger partial charge on any atom is 0.233 e. The van der Waals surface area contributed by atoms with Crippen molar-refractivity contribution in [3.63, 3.8) is 0 Å². The van der Waals surface area contributed by atoms with E-state index < -0.39 is 11.3 Å². The van der Waals surface area contributed by atoms with Gasteiger partial charge in [0.05, 0.1) is 0 Å². The second kappa shape index (κ2) is 6.23. The number of amides is 2. The summed E-state index contributed by atoms with van der Waals surface area (Å²) in [6.07, 6.45) is 3.66. The summed E-state index contributed by atoms with van der Waals surface area (Å²) in [6, 6.07) is 0. The fraction of sp³-hybridized carbons (Fsp3) is 0.727. The molecule has 1 aliphatic rings. The number of nitrogens with one attached hydrogen (secondary N) is 1. The Bertz CT molecular complexity index is 348. The van der Waals surface area contributed by atoms with Crippen LogP contribution in [0, 0.1) is 5.41 Å². The smallest absolute Gasteiger partial charge is 0.233 e. The van der Waals surface area contributed by atoms with Gasteiger partial charge in [0.2, 0.25) is 11.8 Å². The molecule has 6 N–H and O–H groups in total. The molecule has 7 nitrogen and oxygen atoms in total. The predicted molar refractivity (Wildman–Crippen MR) is 65.7 cm³/mol. The monoisotopic (exact) mass is 256 g/mol. The molecule has 0 unspecified atom stereocenters. The minimum atomic E-state index is -0.887. The first kappa shape index (κ1) is 14.3. The lowest BCUT2D eigenvalue weighted by Crippen LogP contribution is -2.48. The van der Waals surface area contributed by atoms with Crippen molar-refractivity contribution in [1.82, 2.24) is 5.32 Å². The first-order chi connectivity index (χ1) is 8.53. The molecule has 2 amide bonds. The van der Waals surface area contributed by atoms with Crippen molar-refractivity contribution in [2.45, 2.75) is 38.5 Å². The Morgan fingerprint density at radius 3 is 2.39 bits per heavy atom. The van der Waals surface area contributed by atoms with Crippen LogP contribution < -0.4 is 16.8 Å². The van der Waals surface area contributed by atoms with Crippen molar-refractivity contribution in [2.24, 2.45) is 22.0 Å². The van der Waals surface area contributed by atoms with Crippen LogP contribution in [0.1, 0.15) is 38.5 Å². The normalized spacial score (nSPS) is 18.6. The van der Waals surface area contributed by atoms with Gasteiger partial charge < -0.3 is 22.0 Å². The van der Waals surface area contributed by atoms with Gasteiger partial charge in [0.1, 0.15) is 5.41 Å². The molecule has 0 saturated heterocycles. The molecule has 0 aromatic rings. The topological polar surface area (TPSA) is 131 Å². The number of nitrogens with zero attached hydrogens (tertiary/aromatic N) is 1. The molecular weight excluding hydrogens is 236 g/mol. The van der Waals surface area contributed by atoms with Crippen LogP contribution in [-0.4, -0.2) is 29.4 Å². The van der Waals surface area contributed by atoms with E-state index in [0.717, 1.165) is 12.8 Å². The number of hydrogen-bond donors (Lipinski definition) is 4. The van der Waals surface area contributed by atoms with Crippen molar-refractivity contribution in [1.29, 1.82) is 0 Å². The third-order valence-electron chi connectivity index (χ3n) is 3.38. The summed E-state index contributed by atoms with van der Waals surface area (Å²) in [7, 11) is 0. The first-order valence-corrected chi connectivity index (χ1v) is 6.07. The number of primary amides is 1. The average molecular weight is 256 g/mol. The van der Waals surface area contributed by atoms with Crippen LogP contribution in [0.5, 0.6) is 0 Å². The predicted octanol–water partition coefficient (Wildman–Crippen LogP) is -0.325. The van der Waals surface area contributed by atoms with Gasteiger partial charge in [-0.1, -0.05) is 18.0 Å². The van der Waals surface area contributed by atoms with Crippen LogP contribution in [0.2, 0.25) is 0 Å². The van der Waals surface area contributed by atoms with Crippen molar-refractivity contribution < 1.29 is 14.8 Å². The largest absolute Gasteiger partial charge is 0.409 e. The molecule has 102 valence electrons. The Morgan fingerprint density at radius 2 is 1.89 bits per heavy atom. The minimum Gasteiger partial charge on any atom is -0.409 e. The summed E-state index contributed by atoms with van der Waals surface area (Å²) in [5.74, 6) is -0.663. The fourth-order valence-corrected chi connectivity index (χ4v) is 2.31. The molecule has 0 aliphatic heterocycles. The van der Waals surface area contributed by atoms with E-state index in [9.17, 15) is 9.59 Å². The second-order valence-corrected chi connectivity index (χ2v) is 4.60. The van der Waals surface area contributed by atoms with Crippen molar-refractivity contribution in [3.8, 4) is 0 Å². The molecule has 0 spiro atoms. The van der Waals surface area contributed by atoms with Gasteiger partial charge >= 0.3 is 0 Å². The zero-order valence-electron chi connectivity index (χ0n) is 10.3. The van der Waals surface area contributed by atoms with E-state index in [1.807, 2.05) is 0 Å². The average Bonchev–Trinajstić information content (AvgIpc) is 2.83. The highest BCUT2D eigenvalue weighted by Crippen LogP contribution is 2.38. The van der Waals surface area contributed by atoms with Crippen LogP contribution in [0.25, 0.3) is 0 Å². The number of amidine groups is 1. The van der Waals surface area contributed by atoms with Crippen LogP contribution >= 0.6 is 0 Å². The summed E-state index contributed by atoms with van der Waals surface area (Å²) >= 11 is 0. The molecule has 18 heavy (non-hydrogen) atoms. The van der Waals surface area contributed by atoms with E-state index in [4.69, 9.17) is 16.7 Å². The minimum absolute atomic E-state index is 0.0348. The molecule has 0 atom stereocenters. The summed E-state index contributed by atoms with van der Waals surface area (Å²) in [4.78, 5) is 22.7. The molecule has 0 aromatic heterocycles. The van der Waals surface area contributed by atoms with Crippen LogP contribution in [0.3, 0.4) is 0 Å². The maximum absolute atomic E-state index is 12.1. The van der Waals surface area contributed by atoms with Crippen LogP contribution in [0.4, 0.5) is 0 Å². The summed E-state index contributed by atoms with van der Waals surface area (Å²) in [5, 5.41) is 14.5. The Kier molecular flexibility index (Phi) is 4.94. The van der Waals surface area contributed by atoms with E-state index in [1.165, 1.54) is 0 Å². The molecular formula is C11H20N4O3. The van der Waals surface area contributed by atoms with Crippen molar-refractivity contribution in [2.75, 3.05) is 6.54 Å². The Labute approximate surface area is 106 Å².